The highest BCUT2D eigenvalue weighted by atomic mass is 35.5. The van der Waals surface area contributed by atoms with Crippen molar-refractivity contribution < 1.29 is 4.39 Å². The number of nitrogens with zero attached hydrogens (tertiary/aromatic N) is 3. The second kappa shape index (κ2) is 6.45. The van der Waals surface area contributed by atoms with Gasteiger partial charge in [-0.2, -0.15) is 5.10 Å². The first-order valence-electron chi connectivity index (χ1n) is 9.25. The number of rotatable bonds is 2. The van der Waals surface area contributed by atoms with Crippen molar-refractivity contribution >= 4 is 23.4 Å². The number of hydrogen-bond donors (Lipinski definition) is 1. The van der Waals surface area contributed by atoms with Gasteiger partial charge in [0, 0.05) is 23.6 Å². The number of H-pyrrole nitrogens is 1. The van der Waals surface area contributed by atoms with Gasteiger partial charge in [0.25, 0.3) is 0 Å². The fourth-order valence-corrected chi connectivity index (χ4v) is 4.19. The number of benzene rings is 2. The highest BCUT2D eigenvalue weighted by Gasteiger charge is 2.36. The van der Waals surface area contributed by atoms with Crippen molar-refractivity contribution in [2.75, 3.05) is 0 Å². The Morgan fingerprint density at radius 1 is 1.14 bits per heavy atom. The molecule has 6 heteroatoms. The van der Waals surface area contributed by atoms with E-state index in [0.29, 0.717) is 5.56 Å². The molecule has 0 aliphatic heterocycles. The van der Waals surface area contributed by atoms with Crippen molar-refractivity contribution in [3.8, 4) is 22.6 Å². The minimum Gasteiger partial charge on any atom is -0.337 e. The average molecular weight is 397 g/mol. The van der Waals surface area contributed by atoms with E-state index >= 15 is 0 Å². The van der Waals surface area contributed by atoms with Gasteiger partial charge in [-0.3, -0.25) is 4.68 Å². The van der Waals surface area contributed by atoms with Crippen LogP contribution in [0.1, 0.15) is 31.5 Å². The maximum atomic E-state index is 14.1. The van der Waals surface area contributed by atoms with E-state index in [4.69, 9.17) is 10.1 Å². The number of hydrogen-bond acceptors (Lipinski definition) is 2. The summed E-state index contributed by atoms with van der Waals surface area (Å²) in [6.07, 6.45) is 2.12. The van der Waals surface area contributed by atoms with E-state index in [1.54, 1.807) is 12.1 Å². The number of aryl methyl sites for hydroxylation is 1. The van der Waals surface area contributed by atoms with E-state index < -0.39 is 0 Å². The summed E-state index contributed by atoms with van der Waals surface area (Å²) >= 11 is 0. The summed E-state index contributed by atoms with van der Waals surface area (Å²) < 4.78 is 16.1. The predicted molar refractivity (Wildman–Crippen MR) is 112 cm³/mol. The van der Waals surface area contributed by atoms with E-state index in [2.05, 4.69) is 18.8 Å². The van der Waals surface area contributed by atoms with Crippen LogP contribution in [0.2, 0.25) is 0 Å². The van der Waals surface area contributed by atoms with Gasteiger partial charge in [0.2, 0.25) is 0 Å². The molecule has 144 valence electrons. The third-order valence-electron chi connectivity index (χ3n) is 5.68. The number of aromatic nitrogens is 4. The molecule has 0 fully saturated rings. The number of aromatic amines is 1. The van der Waals surface area contributed by atoms with Gasteiger partial charge < -0.3 is 4.98 Å². The molecule has 2 aromatic carbocycles. The zero-order valence-corrected chi connectivity index (χ0v) is 16.9. The molecule has 0 radical (unpaired) electrons. The molecule has 0 bridgehead atoms. The van der Waals surface area contributed by atoms with Crippen molar-refractivity contribution in [2.45, 2.75) is 32.1 Å². The lowest BCUT2D eigenvalue weighted by atomic mass is 9.91. The van der Waals surface area contributed by atoms with Crippen molar-refractivity contribution in [3.05, 3.63) is 59.5 Å². The number of fused-ring (bicyclic) bond motifs is 2. The van der Waals surface area contributed by atoms with E-state index in [-0.39, 0.29) is 23.6 Å². The Morgan fingerprint density at radius 3 is 2.71 bits per heavy atom. The van der Waals surface area contributed by atoms with Crippen molar-refractivity contribution in [1.82, 2.24) is 19.7 Å². The molecule has 4 nitrogen and oxygen atoms in total. The van der Waals surface area contributed by atoms with Crippen LogP contribution < -0.4 is 0 Å². The quantitative estimate of drug-likeness (QED) is 0.492. The second-order valence-corrected chi connectivity index (χ2v) is 7.98. The van der Waals surface area contributed by atoms with Crippen LogP contribution in [-0.4, -0.2) is 19.7 Å². The first kappa shape index (κ1) is 18.7. The van der Waals surface area contributed by atoms with Gasteiger partial charge in [-0.1, -0.05) is 38.1 Å². The summed E-state index contributed by atoms with van der Waals surface area (Å²) in [5.41, 5.74) is 6.83. The largest absolute Gasteiger partial charge is 0.337 e. The topological polar surface area (TPSA) is 46.5 Å². The lowest BCUT2D eigenvalue weighted by molar-refractivity contribution is 0.494. The molecule has 0 amide bonds. The molecule has 2 aromatic heterocycles. The lowest BCUT2D eigenvalue weighted by Gasteiger charge is -2.15. The number of halogens is 2. The number of nitrogens with one attached hydrogen (secondary N) is 1. The fourth-order valence-electron chi connectivity index (χ4n) is 4.19. The van der Waals surface area contributed by atoms with Crippen LogP contribution in [0.5, 0.6) is 0 Å². The Kier molecular flexibility index (Phi) is 4.31. The molecule has 0 saturated carbocycles. The normalized spacial score (nSPS) is 14.9. The zero-order valence-electron chi connectivity index (χ0n) is 16.1. The zero-order chi connectivity index (χ0) is 18.8. The summed E-state index contributed by atoms with van der Waals surface area (Å²) in [6, 6.07) is 12.7. The van der Waals surface area contributed by atoms with Gasteiger partial charge in [0.05, 0.1) is 16.7 Å². The van der Waals surface area contributed by atoms with Gasteiger partial charge >= 0.3 is 0 Å². The van der Waals surface area contributed by atoms with Crippen LogP contribution in [0.3, 0.4) is 0 Å². The van der Waals surface area contributed by atoms with E-state index in [0.717, 1.165) is 41.0 Å². The second-order valence-electron chi connectivity index (χ2n) is 7.98. The maximum absolute atomic E-state index is 14.1. The molecule has 0 atom stereocenters. The van der Waals surface area contributed by atoms with Crippen LogP contribution in [0.25, 0.3) is 33.7 Å². The first-order valence-corrected chi connectivity index (χ1v) is 9.25. The summed E-state index contributed by atoms with van der Waals surface area (Å²) in [5, 5.41) is 4.77. The van der Waals surface area contributed by atoms with Crippen molar-refractivity contribution in [1.29, 1.82) is 0 Å². The van der Waals surface area contributed by atoms with Crippen LogP contribution in [-0.2, 0) is 18.9 Å². The summed E-state index contributed by atoms with van der Waals surface area (Å²) in [7, 11) is 1.97. The maximum Gasteiger partial charge on any atom is 0.157 e. The first-order chi connectivity index (χ1) is 12.9. The Morgan fingerprint density at radius 2 is 1.93 bits per heavy atom. The summed E-state index contributed by atoms with van der Waals surface area (Å²) in [6.45, 7) is 4.49. The average Bonchev–Trinajstić information content (AvgIpc) is 3.27. The highest BCUT2D eigenvalue weighted by Crippen LogP contribution is 2.41. The monoisotopic (exact) mass is 396 g/mol. The van der Waals surface area contributed by atoms with E-state index in [1.807, 2.05) is 36.0 Å². The fraction of sp³-hybridized carbons (Fsp3) is 0.273. The minimum absolute atomic E-state index is 0. The molecule has 0 spiro atoms. The highest BCUT2D eigenvalue weighted by molar-refractivity contribution is 5.85. The lowest BCUT2D eigenvalue weighted by Crippen LogP contribution is -2.14. The Labute approximate surface area is 169 Å². The SMILES string of the molecule is Cl.Cn1nc2c(c1-c1nc3ccc(-c4ccccc4F)cc3[nH]1)CCC2(C)C. The molecular formula is C22H22ClFN4. The smallest absolute Gasteiger partial charge is 0.157 e. The molecule has 0 saturated heterocycles. The molecule has 2 heterocycles. The Balaban J connectivity index is 0.00000192. The Hall–Kier alpha value is -2.66. The number of imidazole rings is 1. The van der Waals surface area contributed by atoms with Crippen LogP contribution in [0.4, 0.5) is 4.39 Å². The van der Waals surface area contributed by atoms with Gasteiger partial charge in [-0.15, -0.1) is 12.4 Å². The van der Waals surface area contributed by atoms with Gasteiger partial charge in [0.15, 0.2) is 5.82 Å². The minimum atomic E-state index is -0.219. The van der Waals surface area contributed by atoms with Crippen LogP contribution in [0.15, 0.2) is 42.5 Å². The molecule has 28 heavy (non-hydrogen) atoms. The van der Waals surface area contributed by atoms with Crippen LogP contribution in [0, 0.1) is 5.82 Å². The van der Waals surface area contributed by atoms with Crippen LogP contribution >= 0.6 is 12.4 Å². The van der Waals surface area contributed by atoms with E-state index in [9.17, 15) is 4.39 Å². The van der Waals surface area contributed by atoms with Gasteiger partial charge in [-0.25, -0.2) is 9.37 Å². The van der Waals surface area contributed by atoms with Gasteiger partial charge in [-0.05, 0) is 36.6 Å². The molecule has 1 N–H and O–H groups in total. The summed E-state index contributed by atoms with van der Waals surface area (Å²) in [5.74, 6) is 0.605. The predicted octanol–water partition coefficient (Wildman–Crippen LogP) is 5.42. The van der Waals surface area contributed by atoms with Crippen molar-refractivity contribution in [2.24, 2.45) is 7.05 Å². The van der Waals surface area contributed by atoms with Crippen molar-refractivity contribution in [3.63, 3.8) is 0 Å². The molecule has 4 aromatic rings. The third-order valence-corrected chi connectivity index (χ3v) is 5.68. The molecular weight excluding hydrogens is 375 g/mol. The summed E-state index contributed by atoms with van der Waals surface area (Å²) in [4.78, 5) is 8.22. The molecule has 1 aliphatic rings. The molecule has 0 unspecified atom stereocenters. The molecule has 5 rings (SSSR count). The van der Waals surface area contributed by atoms with E-state index in [1.165, 1.54) is 17.3 Å². The molecule has 1 aliphatic carbocycles. The third kappa shape index (κ3) is 2.73. The standard InChI is InChI=1S/C22H21FN4.ClH/c1-22(2)11-10-15-19(27(3)26-20(15)22)21-24-17-9-8-13(12-18(17)25-21)14-6-4-5-7-16(14)23;/h4-9,12H,10-11H2,1-3H3,(H,24,25);1H. The Bertz CT molecular complexity index is 1190. The van der Waals surface area contributed by atoms with Gasteiger partial charge in [0.1, 0.15) is 11.5 Å².